The summed E-state index contributed by atoms with van der Waals surface area (Å²) in [6, 6.07) is 0. The SMILES string of the molecule is PC(C12CC3CC(CC(C3)C1)C2)C12CC3CC(CC(C3)C1)C2. The Morgan fingerprint density at radius 1 is 0.500 bits per heavy atom. The van der Waals surface area contributed by atoms with Gasteiger partial charge in [-0.3, -0.25) is 0 Å². The van der Waals surface area contributed by atoms with Gasteiger partial charge in [0, 0.05) is 0 Å². The highest BCUT2D eigenvalue weighted by atomic mass is 31.0. The molecule has 8 saturated carbocycles. The summed E-state index contributed by atoms with van der Waals surface area (Å²) in [5.41, 5.74) is 2.51. The Bertz CT molecular complexity index is 378. The maximum Gasteiger partial charge on any atom is -0.0150 e. The Morgan fingerprint density at radius 3 is 0.955 bits per heavy atom. The minimum atomic E-state index is 0.769. The maximum absolute atomic E-state index is 3.52. The fourth-order valence-electron chi connectivity index (χ4n) is 9.77. The van der Waals surface area contributed by atoms with Crippen molar-refractivity contribution in [1.82, 2.24) is 0 Å². The van der Waals surface area contributed by atoms with Crippen molar-refractivity contribution in [3.05, 3.63) is 0 Å². The van der Waals surface area contributed by atoms with Crippen LogP contribution in [0.2, 0.25) is 0 Å². The van der Waals surface area contributed by atoms with Gasteiger partial charge in [-0.15, -0.1) is 9.24 Å². The van der Waals surface area contributed by atoms with Gasteiger partial charge in [0.15, 0.2) is 0 Å². The first-order valence-corrected chi connectivity index (χ1v) is 11.0. The predicted octanol–water partition coefficient (Wildman–Crippen LogP) is 5.66. The van der Waals surface area contributed by atoms with Crippen molar-refractivity contribution in [3.8, 4) is 0 Å². The van der Waals surface area contributed by atoms with E-state index < -0.39 is 0 Å². The first-order valence-electron chi connectivity index (χ1n) is 10.4. The van der Waals surface area contributed by atoms with Crippen molar-refractivity contribution in [2.75, 3.05) is 0 Å². The third-order valence-corrected chi connectivity index (χ3v) is 10.9. The lowest BCUT2D eigenvalue weighted by Gasteiger charge is -2.66. The second-order valence-corrected chi connectivity index (χ2v) is 11.7. The monoisotopic (exact) mass is 316 g/mol. The quantitative estimate of drug-likeness (QED) is 0.576. The lowest BCUT2D eigenvalue weighted by Crippen LogP contribution is -2.59. The largest absolute Gasteiger partial charge is 0.133 e. The summed E-state index contributed by atoms with van der Waals surface area (Å²) in [6.45, 7) is 0. The molecule has 0 spiro atoms. The van der Waals surface area contributed by atoms with Crippen molar-refractivity contribution in [3.63, 3.8) is 0 Å². The summed E-state index contributed by atoms with van der Waals surface area (Å²) < 4.78 is 0. The average molecular weight is 316 g/mol. The third kappa shape index (κ3) is 1.75. The minimum Gasteiger partial charge on any atom is -0.133 e. The highest BCUT2D eigenvalue weighted by Crippen LogP contribution is 2.70. The van der Waals surface area contributed by atoms with Crippen LogP contribution in [0.1, 0.15) is 77.0 Å². The molecule has 8 fully saturated rings. The molecule has 0 nitrogen and oxygen atoms in total. The van der Waals surface area contributed by atoms with Gasteiger partial charge in [0.25, 0.3) is 0 Å². The molecule has 8 aliphatic carbocycles. The van der Waals surface area contributed by atoms with Crippen LogP contribution < -0.4 is 0 Å². The number of hydrogen-bond donors (Lipinski definition) is 0. The molecule has 0 aromatic rings. The van der Waals surface area contributed by atoms with Crippen LogP contribution in [0.15, 0.2) is 0 Å². The van der Waals surface area contributed by atoms with Gasteiger partial charge in [-0.1, -0.05) is 0 Å². The van der Waals surface area contributed by atoms with Crippen molar-refractivity contribution in [1.29, 1.82) is 0 Å². The second kappa shape index (κ2) is 4.33. The van der Waals surface area contributed by atoms with Crippen LogP contribution in [-0.2, 0) is 0 Å². The Balaban J connectivity index is 1.36. The summed E-state index contributed by atoms with van der Waals surface area (Å²) >= 11 is 0. The van der Waals surface area contributed by atoms with Gasteiger partial charge in [-0.2, -0.15) is 0 Å². The molecule has 0 saturated heterocycles. The molecule has 8 bridgehead atoms. The molecule has 122 valence electrons. The van der Waals surface area contributed by atoms with Crippen LogP contribution in [0.25, 0.3) is 0 Å². The van der Waals surface area contributed by atoms with Gasteiger partial charge in [0.1, 0.15) is 0 Å². The molecule has 1 unspecified atom stereocenters. The van der Waals surface area contributed by atoms with Crippen LogP contribution in [0, 0.1) is 46.3 Å². The van der Waals surface area contributed by atoms with E-state index in [0.29, 0.717) is 0 Å². The second-order valence-electron chi connectivity index (χ2n) is 11.0. The van der Waals surface area contributed by atoms with E-state index in [2.05, 4.69) is 9.24 Å². The summed E-state index contributed by atoms with van der Waals surface area (Å²) in [7, 11) is 3.52. The first kappa shape index (κ1) is 13.7. The summed E-state index contributed by atoms with van der Waals surface area (Å²) in [5.74, 6) is 6.77. The molecule has 22 heavy (non-hydrogen) atoms. The van der Waals surface area contributed by atoms with Gasteiger partial charge < -0.3 is 0 Å². The van der Waals surface area contributed by atoms with Crippen molar-refractivity contribution < 1.29 is 0 Å². The van der Waals surface area contributed by atoms with E-state index >= 15 is 0 Å². The van der Waals surface area contributed by atoms with E-state index in [1.54, 1.807) is 77.0 Å². The van der Waals surface area contributed by atoms with Crippen LogP contribution in [0.3, 0.4) is 0 Å². The first-order chi connectivity index (χ1) is 10.6. The average Bonchev–Trinajstić information content (AvgIpc) is 2.43. The van der Waals surface area contributed by atoms with Crippen molar-refractivity contribution in [2.45, 2.75) is 82.7 Å². The van der Waals surface area contributed by atoms with E-state index in [1.165, 1.54) is 0 Å². The summed E-state index contributed by atoms with van der Waals surface area (Å²) in [5, 5.41) is 0. The fourth-order valence-corrected chi connectivity index (χ4v) is 10.6. The number of rotatable bonds is 2. The van der Waals surface area contributed by atoms with Crippen molar-refractivity contribution >= 4 is 9.24 Å². The van der Waals surface area contributed by atoms with E-state index in [1.807, 2.05) is 0 Å². The van der Waals surface area contributed by atoms with Gasteiger partial charge >= 0.3 is 0 Å². The van der Waals surface area contributed by atoms with Gasteiger partial charge in [-0.25, -0.2) is 0 Å². The molecule has 0 amide bonds. The Morgan fingerprint density at radius 2 is 0.727 bits per heavy atom. The lowest BCUT2D eigenvalue weighted by molar-refractivity contribution is -0.119. The lowest BCUT2D eigenvalue weighted by atomic mass is 9.41. The molecule has 0 radical (unpaired) electrons. The van der Waals surface area contributed by atoms with Gasteiger partial charge in [0.05, 0.1) is 0 Å². The molecule has 0 heterocycles. The van der Waals surface area contributed by atoms with Crippen LogP contribution >= 0.6 is 9.24 Å². The molecule has 0 N–H and O–H groups in total. The molecule has 0 aromatic carbocycles. The molecule has 1 atom stereocenters. The fraction of sp³-hybridized carbons (Fsp3) is 1.00. The smallest absolute Gasteiger partial charge is 0.0150 e. The van der Waals surface area contributed by atoms with Crippen LogP contribution in [-0.4, -0.2) is 5.66 Å². The van der Waals surface area contributed by atoms with Crippen LogP contribution in [0.5, 0.6) is 0 Å². The van der Waals surface area contributed by atoms with E-state index in [4.69, 9.17) is 0 Å². The minimum absolute atomic E-state index is 0.769. The number of hydrogen-bond acceptors (Lipinski definition) is 0. The molecule has 0 aliphatic heterocycles. The van der Waals surface area contributed by atoms with E-state index in [0.717, 1.165) is 52.0 Å². The molecular formula is C21H33P. The third-order valence-electron chi connectivity index (χ3n) is 9.49. The zero-order valence-electron chi connectivity index (χ0n) is 14.1. The Hall–Kier alpha value is 0.430. The molecule has 0 aromatic heterocycles. The van der Waals surface area contributed by atoms with Gasteiger partial charge in [0.2, 0.25) is 0 Å². The zero-order chi connectivity index (χ0) is 14.5. The standard InChI is InChI=1S/C21H33P/c22-19(20-7-13-1-14(8-20)3-15(2-13)9-20)21-10-16-4-17(11-21)6-18(5-16)12-21/h13-19H,1-12,22H2. The Kier molecular flexibility index (Phi) is 2.70. The Labute approximate surface area is 138 Å². The highest BCUT2D eigenvalue weighted by Gasteiger charge is 2.61. The van der Waals surface area contributed by atoms with Gasteiger partial charge in [-0.05, 0) is 129 Å². The highest BCUT2D eigenvalue weighted by molar-refractivity contribution is 7.17. The maximum atomic E-state index is 3.52. The van der Waals surface area contributed by atoms with E-state index in [9.17, 15) is 0 Å². The van der Waals surface area contributed by atoms with Crippen LogP contribution in [0.4, 0.5) is 0 Å². The normalized spacial score (nSPS) is 62.6. The van der Waals surface area contributed by atoms with E-state index in [-0.39, 0.29) is 0 Å². The summed E-state index contributed by atoms with van der Waals surface area (Å²) in [4.78, 5) is 0. The molecular weight excluding hydrogens is 283 g/mol. The molecule has 1 heteroatoms. The zero-order valence-corrected chi connectivity index (χ0v) is 15.3. The molecule has 8 rings (SSSR count). The topological polar surface area (TPSA) is 0 Å². The predicted molar refractivity (Wildman–Crippen MR) is 94.7 cm³/mol. The summed E-state index contributed by atoms with van der Waals surface area (Å²) in [6.07, 6.45) is 19.4. The van der Waals surface area contributed by atoms with Crippen molar-refractivity contribution in [2.24, 2.45) is 46.3 Å². The molecule has 8 aliphatic rings.